The highest BCUT2D eigenvalue weighted by atomic mass is 35.5. The first-order chi connectivity index (χ1) is 13.2. The molecule has 1 heterocycles. The highest BCUT2D eigenvalue weighted by molar-refractivity contribution is 6.42. The van der Waals surface area contributed by atoms with E-state index in [2.05, 4.69) is 12.2 Å². The molecule has 3 rings (SSSR count). The number of halogens is 2. The highest BCUT2D eigenvalue weighted by Crippen LogP contribution is 2.43. The Bertz CT molecular complexity index is 745. The number of amides is 2. The Labute approximate surface area is 176 Å². The predicted molar refractivity (Wildman–Crippen MR) is 111 cm³/mol. The predicted octanol–water partition coefficient (Wildman–Crippen LogP) is 4.51. The first kappa shape index (κ1) is 21.4. The molecule has 1 saturated carbocycles. The van der Waals surface area contributed by atoms with Crippen LogP contribution >= 0.6 is 23.2 Å². The Balaban J connectivity index is 1.91. The standard InChI is InChI=1S/C21H28Cl2N2O3/c1-13(2)11-24-19(26)18-12-28-21(8-6-14(3)7-9-21)25(18)20(27)15-4-5-16(22)17(23)10-15/h4-5,10,13-14,18H,6-9,11-12H2,1-3H3,(H,24,26)/t14?,18-,21?/m1/s1. The molecule has 1 aliphatic heterocycles. The summed E-state index contributed by atoms with van der Waals surface area (Å²) in [5.41, 5.74) is -0.310. The van der Waals surface area contributed by atoms with Crippen molar-refractivity contribution in [3.8, 4) is 0 Å². The summed E-state index contributed by atoms with van der Waals surface area (Å²) in [5.74, 6) is 0.507. The number of benzene rings is 1. The van der Waals surface area contributed by atoms with Crippen molar-refractivity contribution >= 4 is 35.0 Å². The number of ether oxygens (including phenoxy) is 1. The molecule has 0 unspecified atom stereocenters. The molecule has 1 aliphatic carbocycles. The van der Waals surface area contributed by atoms with E-state index in [0.717, 1.165) is 25.7 Å². The summed E-state index contributed by atoms with van der Waals surface area (Å²) in [4.78, 5) is 28.0. The van der Waals surface area contributed by atoms with Gasteiger partial charge in [-0.1, -0.05) is 44.0 Å². The van der Waals surface area contributed by atoms with Crippen molar-refractivity contribution in [3.05, 3.63) is 33.8 Å². The first-order valence-electron chi connectivity index (χ1n) is 9.94. The quantitative estimate of drug-likeness (QED) is 0.769. The fourth-order valence-electron chi connectivity index (χ4n) is 3.97. The molecule has 154 valence electrons. The third-order valence-corrected chi connectivity index (χ3v) is 6.43. The zero-order valence-corrected chi connectivity index (χ0v) is 18.1. The van der Waals surface area contributed by atoms with E-state index in [4.69, 9.17) is 27.9 Å². The molecule has 2 fully saturated rings. The van der Waals surface area contributed by atoms with Crippen LogP contribution in [0.1, 0.15) is 56.8 Å². The van der Waals surface area contributed by atoms with Gasteiger partial charge in [-0.25, -0.2) is 0 Å². The molecular formula is C21H28Cl2N2O3. The Morgan fingerprint density at radius 1 is 1.25 bits per heavy atom. The summed E-state index contributed by atoms with van der Waals surface area (Å²) in [5, 5.41) is 3.66. The maximum absolute atomic E-state index is 13.5. The van der Waals surface area contributed by atoms with Gasteiger partial charge in [-0.3, -0.25) is 14.5 Å². The Hall–Kier alpha value is -1.30. The van der Waals surface area contributed by atoms with Gasteiger partial charge in [0.25, 0.3) is 5.91 Å². The minimum absolute atomic E-state index is 0.169. The second kappa shape index (κ2) is 8.60. The van der Waals surface area contributed by atoms with Crippen molar-refractivity contribution in [3.63, 3.8) is 0 Å². The highest BCUT2D eigenvalue weighted by Gasteiger charge is 2.53. The van der Waals surface area contributed by atoms with Gasteiger partial charge in [-0.05, 0) is 55.7 Å². The largest absolute Gasteiger partial charge is 0.354 e. The second-order valence-electron chi connectivity index (χ2n) is 8.40. The number of hydrogen-bond acceptors (Lipinski definition) is 3. The molecule has 1 aromatic carbocycles. The number of nitrogens with one attached hydrogen (secondary N) is 1. The average Bonchev–Trinajstić information content (AvgIpc) is 3.03. The fraction of sp³-hybridized carbons (Fsp3) is 0.619. The monoisotopic (exact) mass is 426 g/mol. The van der Waals surface area contributed by atoms with Crippen LogP contribution < -0.4 is 5.32 Å². The molecule has 1 atom stereocenters. The smallest absolute Gasteiger partial charge is 0.256 e. The normalized spacial score (nSPS) is 27.4. The molecule has 2 aliphatic rings. The molecule has 7 heteroatoms. The van der Waals surface area contributed by atoms with Gasteiger partial charge in [0.2, 0.25) is 5.91 Å². The van der Waals surface area contributed by atoms with Crippen molar-refractivity contribution in [2.24, 2.45) is 11.8 Å². The van der Waals surface area contributed by atoms with E-state index >= 15 is 0 Å². The zero-order chi connectivity index (χ0) is 20.5. The molecule has 1 aromatic rings. The van der Waals surface area contributed by atoms with Crippen LogP contribution in [0, 0.1) is 11.8 Å². The summed E-state index contributed by atoms with van der Waals surface area (Å²) in [7, 11) is 0. The molecule has 2 amide bonds. The third-order valence-electron chi connectivity index (χ3n) is 5.69. The Morgan fingerprint density at radius 2 is 1.93 bits per heavy atom. The molecule has 0 radical (unpaired) electrons. The number of nitrogens with zero attached hydrogens (tertiary/aromatic N) is 1. The molecule has 1 N–H and O–H groups in total. The molecule has 5 nitrogen and oxygen atoms in total. The van der Waals surface area contributed by atoms with Crippen LogP contribution in [0.5, 0.6) is 0 Å². The van der Waals surface area contributed by atoms with Crippen LogP contribution in [0.4, 0.5) is 0 Å². The van der Waals surface area contributed by atoms with Gasteiger partial charge in [0.05, 0.1) is 16.7 Å². The lowest BCUT2D eigenvalue weighted by Crippen LogP contribution is -2.57. The van der Waals surface area contributed by atoms with Crippen molar-refractivity contribution in [1.82, 2.24) is 10.2 Å². The number of carbonyl (C=O) groups is 2. The lowest BCUT2D eigenvalue weighted by atomic mass is 9.83. The van der Waals surface area contributed by atoms with Gasteiger partial charge in [0.1, 0.15) is 11.8 Å². The van der Waals surface area contributed by atoms with Crippen LogP contribution in [0.25, 0.3) is 0 Å². The summed E-state index contributed by atoms with van der Waals surface area (Å²) < 4.78 is 6.16. The number of hydrogen-bond donors (Lipinski definition) is 1. The van der Waals surface area contributed by atoms with Crippen molar-refractivity contribution in [2.75, 3.05) is 13.2 Å². The maximum Gasteiger partial charge on any atom is 0.256 e. The Kier molecular flexibility index (Phi) is 6.58. The van der Waals surface area contributed by atoms with Crippen LogP contribution in [-0.4, -0.2) is 41.6 Å². The van der Waals surface area contributed by atoms with E-state index in [1.54, 1.807) is 23.1 Å². The molecule has 0 bridgehead atoms. The lowest BCUT2D eigenvalue weighted by molar-refractivity contribution is -0.128. The van der Waals surface area contributed by atoms with Crippen LogP contribution in [0.15, 0.2) is 18.2 Å². The van der Waals surface area contributed by atoms with Crippen molar-refractivity contribution in [2.45, 2.75) is 58.2 Å². The van der Waals surface area contributed by atoms with Crippen LogP contribution in [-0.2, 0) is 9.53 Å². The topological polar surface area (TPSA) is 58.6 Å². The maximum atomic E-state index is 13.5. The molecule has 28 heavy (non-hydrogen) atoms. The van der Waals surface area contributed by atoms with E-state index in [9.17, 15) is 9.59 Å². The molecular weight excluding hydrogens is 399 g/mol. The Morgan fingerprint density at radius 3 is 2.54 bits per heavy atom. The fourth-order valence-corrected chi connectivity index (χ4v) is 4.27. The van der Waals surface area contributed by atoms with E-state index in [0.29, 0.717) is 34.0 Å². The summed E-state index contributed by atoms with van der Waals surface area (Å²) >= 11 is 12.1. The van der Waals surface area contributed by atoms with E-state index in [1.165, 1.54) is 0 Å². The van der Waals surface area contributed by atoms with Crippen LogP contribution in [0.2, 0.25) is 10.0 Å². The first-order valence-corrected chi connectivity index (χ1v) is 10.7. The molecule has 1 spiro atoms. The third kappa shape index (κ3) is 4.32. The van der Waals surface area contributed by atoms with Gasteiger partial charge in [0, 0.05) is 12.1 Å². The number of carbonyl (C=O) groups excluding carboxylic acids is 2. The van der Waals surface area contributed by atoms with Crippen molar-refractivity contribution in [1.29, 1.82) is 0 Å². The zero-order valence-electron chi connectivity index (χ0n) is 16.6. The van der Waals surface area contributed by atoms with Gasteiger partial charge in [-0.15, -0.1) is 0 Å². The van der Waals surface area contributed by atoms with E-state index in [1.807, 2.05) is 13.8 Å². The minimum atomic E-state index is -0.727. The lowest BCUT2D eigenvalue weighted by Gasteiger charge is -2.43. The van der Waals surface area contributed by atoms with Gasteiger partial charge >= 0.3 is 0 Å². The van der Waals surface area contributed by atoms with E-state index < -0.39 is 11.8 Å². The minimum Gasteiger partial charge on any atom is -0.354 e. The van der Waals surface area contributed by atoms with Gasteiger partial charge < -0.3 is 10.1 Å². The summed E-state index contributed by atoms with van der Waals surface area (Å²) in [6, 6.07) is 4.18. The van der Waals surface area contributed by atoms with Gasteiger partial charge in [-0.2, -0.15) is 0 Å². The molecule has 0 aromatic heterocycles. The molecule has 1 saturated heterocycles. The average molecular weight is 427 g/mol. The SMILES string of the molecule is CC(C)CNC(=O)[C@H]1COC2(CCC(C)CC2)N1C(=O)c1ccc(Cl)c(Cl)c1. The van der Waals surface area contributed by atoms with Gasteiger partial charge in [0.15, 0.2) is 0 Å². The number of rotatable bonds is 4. The second-order valence-corrected chi connectivity index (χ2v) is 9.21. The summed E-state index contributed by atoms with van der Waals surface area (Å²) in [6.45, 7) is 7.06. The van der Waals surface area contributed by atoms with E-state index in [-0.39, 0.29) is 18.4 Å². The summed E-state index contributed by atoms with van der Waals surface area (Å²) in [6.07, 6.45) is 3.39. The van der Waals surface area contributed by atoms with Crippen LogP contribution in [0.3, 0.4) is 0 Å². The van der Waals surface area contributed by atoms with Crippen molar-refractivity contribution < 1.29 is 14.3 Å².